The number of nitrogens with zero attached hydrogens (tertiary/aromatic N) is 2. The van der Waals surface area contributed by atoms with Gasteiger partial charge in [0.2, 0.25) is 5.69 Å². The van der Waals surface area contributed by atoms with Crippen molar-refractivity contribution in [2.45, 2.75) is 68.1 Å². The summed E-state index contributed by atoms with van der Waals surface area (Å²) in [5, 5.41) is 21.3. The fourth-order valence-electron chi connectivity index (χ4n) is 5.57. The van der Waals surface area contributed by atoms with Crippen LogP contribution < -0.4 is 4.90 Å². The molecule has 0 unspecified atom stereocenters. The predicted molar refractivity (Wildman–Crippen MR) is 156 cm³/mol. The van der Waals surface area contributed by atoms with Crippen LogP contribution in [0.3, 0.4) is 0 Å². The molecule has 2 aliphatic rings. The second-order valence-corrected chi connectivity index (χ2v) is 12.7. The van der Waals surface area contributed by atoms with Crippen molar-refractivity contribution in [1.82, 2.24) is 0 Å². The van der Waals surface area contributed by atoms with Crippen LogP contribution in [-0.2, 0) is 36.1 Å². The normalized spacial score (nSPS) is 17.1. The van der Waals surface area contributed by atoms with E-state index in [9.17, 15) is 17.8 Å². The standard InChI is InChI=1S/C29H34N2O8S2/c1-4-30-21(17-20-18-23(41(35,36)37)13-15-25(20)30)9-8-10-27-29(2,3)24-19-22(40-39-38-34)12-14-26(24)31(27)16-7-5-6-11-28(32)33/h8-10,12-15,18-19H,4-7,11,16-17H2,1-3H3,(H2-,32,33,34,35,36,37)/p+1. The van der Waals surface area contributed by atoms with E-state index in [1.54, 1.807) is 6.07 Å². The number of hydrogen-bond acceptors (Lipinski definition) is 8. The molecule has 0 aliphatic carbocycles. The SMILES string of the molecule is CCN1C(=CC=CC2=[N+](CCCCCC(=O)O)c3ccc(SOOO)cc3C2(C)C)Cc2cc(S(=O)(=O)O)ccc21. The van der Waals surface area contributed by atoms with Crippen molar-refractivity contribution in [3.63, 3.8) is 0 Å². The van der Waals surface area contributed by atoms with Gasteiger partial charge in [0, 0.05) is 59.8 Å². The van der Waals surface area contributed by atoms with Crippen molar-refractivity contribution in [1.29, 1.82) is 0 Å². The molecule has 3 N–H and O–H groups in total. The van der Waals surface area contributed by atoms with Crippen LogP contribution in [0.5, 0.6) is 0 Å². The fourth-order valence-corrected chi connectivity index (χ4v) is 6.50. The smallest absolute Gasteiger partial charge is 0.303 e. The lowest BCUT2D eigenvalue weighted by atomic mass is 9.81. The molecule has 2 aromatic carbocycles. The van der Waals surface area contributed by atoms with Gasteiger partial charge in [0.1, 0.15) is 6.54 Å². The second kappa shape index (κ2) is 12.9. The third-order valence-electron chi connectivity index (χ3n) is 7.51. The molecule has 0 saturated carbocycles. The summed E-state index contributed by atoms with van der Waals surface area (Å²) in [6.45, 7) is 7.74. The molecule has 0 aromatic heterocycles. The number of carbonyl (C=O) groups is 1. The van der Waals surface area contributed by atoms with Crippen LogP contribution in [0.15, 0.2) is 70.1 Å². The van der Waals surface area contributed by atoms with E-state index in [-0.39, 0.29) is 16.7 Å². The average molecular weight is 604 g/mol. The molecule has 0 atom stereocenters. The summed E-state index contributed by atoms with van der Waals surface area (Å²) in [5.74, 6) is -0.788. The third kappa shape index (κ3) is 6.91. The highest BCUT2D eigenvalue weighted by Crippen LogP contribution is 2.42. The van der Waals surface area contributed by atoms with E-state index >= 15 is 0 Å². The first kappa shape index (κ1) is 30.9. The van der Waals surface area contributed by atoms with Gasteiger partial charge in [-0.3, -0.25) is 9.35 Å². The maximum absolute atomic E-state index is 11.6. The van der Waals surface area contributed by atoms with Gasteiger partial charge in [0.05, 0.1) is 22.4 Å². The predicted octanol–water partition coefficient (Wildman–Crippen LogP) is 5.91. The number of aliphatic carboxylic acids is 1. The Morgan fingerprint density at radius 3 is 2.63 bits per heavy atom. The summed E-state index contributed by atoms with van der Waals surface area (Å²) in [6.07, 6.45) is 9.06. The van der Waals surface area contributed by atoms with Gasteiger partial charge in [0.15, 0.2) is 5.71 Å². The van der Waals surface area contributed by atoms with Gasteiger partial charge < -0.3 is 10.0 Å². The molecular formula is C29H35N2O8S2+. The van der Waals surface area contributed by atoms with Crippen LogP contribution >= 0.6 is 12.0 Å². The van der Waals surface area contributed by atoms with E-state index in [4.69, 9.17) is 10.4 Å². The van der Waals surface area contributed by atoms with Crippen LogP contribution in [0, 0.1) is 0 Å². The Bertz CT molecular complexity index is 1510. The lowest BCUT2D eigenvalue weighted by molar-refractivity contribution is -0.438. The van der Waals surface area contributed by atoms with Crippen LogP contribution in [0.25, 0.3) is 0 Å². The summed E-state index contributed by atoms with van der Waals surface area (Å²) >= 11 is 0.909. The van der Waals surface area contributed by atoms with Gasteiger partial charge in [0.25, 0.3) is 10.1 Å². The number of carboxylic acids is 1. The third-order valence-corrected chi connectivity index (χ3v) is 8.94. The number of allylic oxidation sites excluding steroid dienone is 4. The number of anilines is 1. The molecule has 2 aromatic rings. The monoisotopic (exact) mass is 603 g/mol. The zero-order chi connectivity index (χ0) is 29.8. The van der Waals surface area contributed by atoms with Crippen molar-refractivity contribution in [3.8, 4) is 0 Å². The Hall–Kier alpha value is -3.00. The van der Waals surface area contributed by atoms with Crippen LogP contribution in [0.1, 0.15) is 57.6 Å². The number of hydrogen-bond donors (Lipinski definition) is 3. The quantitative estimate of drug-likeness (QED) is 0.0633. The van der Waals surface area contributed by atoms with Gasteiger partial charge in [-0.15, -0.1) is 4.33 Å². The van der Waals surface area contributed by atoms with Crippen LogP contribution in [-0.4, -0.2) is 52.7 Å². The molecule has 4 rings (SSSR count). The Balaban J connectivity index is 1.63. The highest BCUT2D eigenvalue weighted by atomic mass is 32.2. The Kier molecular flexibility index (Phi) is 9.73. The van der Waals surface area contributed by atoms with Crippen molar-refractivity contribution < 1.29 is 42.1 Å². The largest absolute Gasteiger partial charge is 0.481 e. The highest BCUT2D eigenvalue weighted by molar-refractivity contribution is 7.94. The summed E-state index contributed by atoms with van der Waals surface area (Å²) in [6, 6.07) is 10.6. The minimum absolute atomic E-state index is 0.113. The van der Waals surface area contributed by atoms with Crippen molar-refractivity contribution in [3.05, 3.63) is 71.5 Å². The lowest BCUT2D eigenvalue weighted by Gasteiger charge is -2.19. The van der Waals surface area contributed by atoms with Crippen molar-refractivity contribution in [2.75, 3.05) is 18.0 Å². The summed E-state index contributed by atoms with van der Waals surface area (Å²) < 4.78 is 39.7. The van der Waals surface area contributed by atoms with E-state index < -0.39 is 16.1 Å². The van der Waals surface area contributed by atoms with Crippen molar-refractivity contribution in [2.24, 2.45) is 0 Å². The molecular weight excluding hydrogens is 568 g/mol. The van der Waals surface area contributed by atoms with Gasteiger partial charge in [-0.25, -0.2) is 5.26 Å². The molecule has 0 fully saturated rings. The molecule has 10 nitrogen and oxygen atoms in total. The maximum atomic E-state index is 11.6. The molecule has 0 spiro atoms. The van der Waals surface area contributed by atoms with Gasteiger partial charge in [-0.1, -0.05) is 11.1 Å². The van der Waals surface area contributed by atoms with E-state index in [0.717, 1.165) is 70.2 Å². The molecule has 0 saturated heterocycles. The number of fused-ring (bicyclic) bond motifs is 2. The van der Waals surface area contributed by atoms with Crippen molar-refractivity contribution >= 4 is 45.2 Å². The lowest BCUT2D eigenvalue weighted by Crippen LogP contribution is -2.28. The first-order valence-corrected chi connectivity index (χ1v) is 15.6. The Morgan fingerprint density at radius 1 is 1.17 bits per heavy atom. The first-order valence-electron chi connectivity index (χ1n) is 13.4. The van der Waals surface area contributed by atoms with Gasteiger partial charge >= 0.3 is 5.97 Å². The topological polar surface area (TPSA) is 137 Å². The van der Waals surface area contributed by atoms with Gasteiger partial charge in [-0.05, 0) is 75.6 Å². The zero-order valence-electron chi connectivity index (χ0n) is 23.2. The molecule has 2 aliphatic heterocycles. The van der Waals surface area contributed by atoms with E-state index in [0.29, 0.717) is 19.4 Å². The summed E-state index contributed by atoms with van der Waals surface area (Å²) in [7, 11) is -4.28. The Labute approximate surface area is 244 Å². The molecule has 12 heteroatoms. The minimum Gasteiger partial charge on any atom is -0.481 e. The average Bonchev–Trinajstić information content (AvgIpc) is 3.37. The zero-order valence-corrected chi connectivity index (χ0v) is 24.9. The second-order valence-electron chi connectivity index (χ2n) is 10.5. The van der Waals surface area contributed by atoms with E-state index in [1.165, 1.54) is 12.1 Å². The number of likely N-dealkylation sites (N-methyl/N-ethyl adjacent to an activating group) is 1. The summed E-state index contributed by atoms with van der Waals surface area (Å²) in [4.78, 5) is 13.7. The molecule has 2 heterocycles. The molecule has 41 heavy (non-hydrogen) atoms. The fraction of sp³-hybridized carbons (Fsp3) is 0.379. The first-order chi connectivity index (χ1) is 19.5. The number of rotatable bonds is 13. The number of benzene rings is 2. The highest BCUT2D eigenvalue weighted by Gasteiger charge is 2.44. The number of carboxylic acid groups (broad SMARTS) is 1. The maximum Gasteiger partial charge on any atom is 0.303 e. The molecule has 0 amide bonds. The van der Waals surface area contributed by atoms with E-state index in [2.05, 4.69) is 38.8 Å². The number of unbranched alkanes of at least 4 members (excludes halogenated alkanes) is 2. The Morgan fingerprint density at radius 2 is 1.95 bits per heavy atom. The molecule has 220 valence electrons. The summed E-state index contributed by atoms with van der Waals surface area (Å²) in [5.41, 5.74) is 5.62. The molecule has 0 radical (unpaired) electrons. The van der Waals surface area contributed by atoms with E-state index in [1.807, 2.05) is 37.3 Å². The van der Waals surface area contributed by atoms with Crippen LogP contribution in [0.4, 0.5) is 11.4 Å². The van der Waals surface area contributed by atoms with Crippen LogP contribution in [0.2, 0.25) is 0 Å². The van der Waals surface area contributed by atoms with Gasteiger partial charge in [-0.2, -0.15) is 13.0 Å². The molecule has 0 bridgehead atoms. The minimum atomic E-state index is -4.28.